The first-order valence-corrected chi connectivity index (χ1v) is 13.0. The van der Waals surface area contributed by atoms with Crippen molar-refractivity contribution in [3.05, 3.63) is 52.1 Å². The lowest BCUT2D eigenvalue weighted by molar-refractivity contribution is -0.143. The molecule has 0 atom stereocenters. The highest BCUT2D eigenvalue weighted by Crippen LogP contribution is 2.37. The van der Waals surface area contributed by atoms with E-state index in [1.807, 2.05) is 32.6 Å². The third-order valence-corrected chi connectivity index (χ3v) is 6.04. The number of nitrogens with one attached hydrogen (secondary N) is 2. The quantitative estimate of drug-likeness (QED) is 0.0735. The van der Waals surface area contributed by atoms with E-state index in [0.29, 0.717) is 48.0 Å². The molecule has 0 amide bonds. The fraction of sp³-hybridized carbons (Fsp3) is 0.519. The van der Waals surface area contributed by atoms with Gasteiger partial charge in [0.05, 0.1) is 11.1 Å². The van der Waals surface area contributed by atoms with E-state index in [4.69, 9.17) is 16.2 Å². The topological polar surface area (TPSA) is 118 Å². The number of hydrazone groups is 1. The van der Waals surface area contributed by atoms with Crippen molar-refractivity contribution in [3.8, 4) is 0 Å². The predicted octanol–water partition coefficient (Wildman–Crippen LogP) is 6.73. The van der Waals surface area contributed by atoms with Crippen LogP contribution in [0.1, 0.15) is 62.4 Å². The smallest absolute Gasteiger partial charge is 0.373 e. The molecule has 0 aliphatic rings. The number of benzene rings is 1. The second-order valence-electron chi connectivity index (χ2n) is 10.8. The summed E-state index contributed by atoms with van der Waals surface area (Å²) in [5.74, 6) is 6.29. The maximum absolute atomic E-state index is 13.6. The Labute approximate surface area is 241 Å². The van der Waals surface area contributed by atoms with Gasteiger partial charge in [0, 0.05) is 57.1 Å². The highest BCUT2D eigenvalue weighted by Gasteiger charge is 2.37. The summed E-state index contributed by atoms with van der Waals surface area (Å²) in [6, 6.07) is 3.07. The van der Waals surface area contributed by atoms with Crippen LogP contribution in [0.2, 0.25) is 0 Å². The van der Waals surface area contributed by atoms with Crippen molar-refractivity contribution >= 4 is 23.3 Å². The molecular weight excluding hydrogens is 564 g/mol. The zero-order chi connectivity index (χ0) is 32.0. The van der Waals surface area contributed by atoms with E-state index >= 15 is 0 Å². The van der Waals surface area contributed by atoms with Gasteiger partial charge < -0.3 is 26.4 Å². The molecule has 0 unspecified atom stereocenters. The summed E-state index contributed by atoms with van der Waals surface area (Å²) in [6.07, 6.45) is -10.0. The number of aromatic nitrogens is 1. The molecule has 232 valence electrons. The van der Waals surface area contributed by atoms with E-state index in [-0.39, 0.29) is 35.3 Å². The Kier molecular flexibility index (Phi) is 10.9. The second kappa shape index (κ2) is 13.4. The van der Waals surface area contributed by atoms with Gasteiger partial charge in [-0.1, -0.05) is 20.8 Å². The van der Waals surface area contributed by atoms with Crippen LogP contribution >= 0.6 is 0 Å². The minimum absolute atomic E-state index is 0.0702. The molecule has 2 aromatic rings. The molecule has 0 saturated heterocycles. The van der Waals surface area contributed by atoms with E-state index in [9.17, 15) is 26.3 Å². The van der Waals surface area contributed by atoms with Gasteiger partial charge in [0.15, 0.2) is 0 Å². The third-order valence-electron chi connectivity index (χ3n) is 6.04. The van der Waals surface area contributed by atoms with Crippen LogP contribution in [0.25, 0.3) is 0 Å². The molecule has 9 nitrogen and oxygen atoms in total. The van der Waals surface area contributed by atoms with Crippen molar-refractivity contribution in [1.82, 2.24) is 9.88 Å². The van der Waals surface area contributed by atoms with Gasteiger partial charge >= 0.3 is 12.4 Å². The highest BCUT2D eigenvalue weighted by molar-refractivity contribution is 6.01. The number of azo groups is 1. The summed E-state index contributed by atoms with van der Waals surface area (Å²) < 4.78 is 81.5. The Hall–Kier alpha value is -3.91. The number of halogens is 6. The first-order chi connectivity index (χ1) is 19.3. The zero-order valence-electron chi connectivity index (χ0n) is 24.7. The maximum atomic E-state index is 13.6. The lowest BCUT2D eigenvalue weighted by Gasteiger charge is -2.33. The first-order valence-electron chi connectivity index (χ1n) is 13.0. The van der Waals surface area contributed by atoms with Gasteiger partial charge in [-0.25, -0.2) is 4.98 Å². The Balaban J connectivity index is 2.79. The Morgan fingerprint density at radius 1 is 1.00 bits per heavy atom. The zero-order valence-corrected chi connectivity index (χ0v) is 24.7. The normalized spacial score (nSPS) is 13.0. The number of hydrogen-bond acceptors (Lipinski definition) is 7. The number of rotatable bonds is 9. The number of pyridine rings is 1. The molecular formula is C27H37F6N9. The summed E-state index contributed by atoms with van der Waals surface area (Å²) >= 11 is 0. The van der Waals surface area contributed by atoms with Gasteiger partial charge in [-0.2, -0.15) is 31.5 Å². The highest BCUT2D eigenvalue weighted by atomic mass is 19.4. The lowest BCUT2D eigenvalue weighted by atomic mass is 9.95. The van der Waals surface area contributed by atoms with Gasteiger partial charge in [-0.15, -0.1) is 10.2 Å². The van der Waals surface area contributed by atoms with Gasteiger partial charge in [-0.3, -0.25) is 0 Å². The molecule has 0 saturated carbocycles. The molecule has 15 heteroatoms. The number of nitrogens with zero attached hydrogens (tertiary/aromatic N) is 6. The Morgan fingerprint density at radius 3 is 1.98 bits per heavy atom. The molecule has 1 heterocycles. The van der Waals surface area contributed by atoms with Crippen LogP contribution in [0.5, 0.6) is 0 Å². The third kappa shape index (κ3) is 9.05. The summed E-state index contributed by atoms with van der Waals surface area (Å²) in [6.45, 7) is 10.2. The van der Waals surface area contributed by atoms with Crippen molar-refractivity contribution < 1.29 is 26.3 Å². The van der Waals surface area contributed by atoms with E-state index in [1.54, 1.807) is 20.0 Å². The van der Waals surface area contributed by atoms with Gasteiger partial charge in [0.25, 0.3) is 5.96 Å². The van der Waals surface area contributed by atoms with Crippen LogP contribution in [0, 0.1) is 10.8 Å². The van der Waals surface area contributed by atoms with Crippen molar-refractivity contribution in [2.75, 3.05) is 37.4 Å². The molecule has 1 aromatic heterocycles. The van der Waals surface area contributed by atoms with Crippen LogP contribution in [0.15, 0.2) is 39.6 Å². The van der Waals surface area contributed by atoms with E-state index in [1.165, 1.54) is 11.9 Å². The molecule has 0 radical (unpaired) electrons. The van der Waals surface area contributed by atoms with Crippen LogP contribution in [0.4, 0.5) is 38.0 Å². The van der Waals surface area contributed by atoms with Crippen LogP contribution in [-0.2, 0) is 25.4 Å². The van der Waals surface area contributed by atoms with Crippen LogP contribution < -0.4 is 16.1 Å². The molecule has 42 heavy (non-hydrogen) atoms. The van der Waals surface area contributed by atoms with Crippen molar-refractivity contribution in [2.24, 2.45) is 26.6 Å². The lowest BCUT2D eigenvalue weighted by Crippen LogP contribution is -2.36. The molecule has 0 aliphatic carbocycles. The first kappa shape index (κ1) is 34.3. The van der Waals surface area contributed by atoms with Crippen LogP contribution in [0.3, 0.4) is 0 Å². The number of alkyl halides is 6. The van der Waals surface area contributed by atoms with Gasteiger partial charge in [0.2, 0.25) is 0 Å². The van der Waals surface area contributed by atoms with Gasteiger partial charge in [-0.05, 0) is 49.1 Å². The number of nitrogens with two attached hydrogens (primary N) is 1. The Morgan fingerprint density at radius 2 is 1.57 bits per heavy atom. The molecule has 0 fully saturated rings. The minimum atomic E-state index is -5.01. The SMILES string of the molecule is CCN(CC(C)(C)C)c1nc(NC)c(C(C)=N)cc1CN(Cc1cc(C(F)(F)F)cc(C(F)(F)F)c1)C(N=NC)=NN. The van der Waals surface area contributed by atoms with E-state index in [2.05, 4.69) is 20.6 Å². The standard InChI is InChI=1S/C27H37F6N9/c1-8-41(15-25(3,4)5)23-18(11-21(16(2)34)22(36-6)38-23)14-42(24(39-35)40-37-7)13-17-9-19(26(28,29)30)12-20(10-17)27(31,32)33/h9-12,34H,8,13-15,35H2,1-7H3,(H,36,38). The molecule has 4 N–H and O–H groups in total. The molecule has 0 spiro atoms. The second-order valence-corrected chi connectivity index (χ2v) is 10.8. The Bertz CT molecular complexity index is 1280. The average Bonchev–Trinajstić information content (AvgIpc) is 2.88. The molecule has 0 aliphatic heterocycles. The van der Waals surface area contributed by atoms with Crippen LogP contribution in [-0.4, -0.2) is 48.7 Å². The fourth-order valence-corrected chi connectivity index (χ4v) is 4.31. The summed E-state index contributed by atoms with van der Waals surface area (Å²) in [4.78, 5) is 8.10. The maximum Gasteiger partial charge on any atom is 0.416 e. The van der Waals surface area contributed by atoms with E-state index in [0.717, 1.165) is 0 Å². The number of hydrogen-bond donors (Lipinski definition) is 3. The van der Waals surface area contributed by atoms with Crippen molar-refractivity contribution in [1.29, 1.82) is 5.41 Å². The average molecular weight is 602 g/mol. The summed E-state index contributed by atoms with van der Waals surface area (Å²) in [7, 11) is 2.99. The van der Waals surface area contributed by atoms with Crippen molar-refractivity contribution in [3.63, 3.8) is 0 Å². The fourth-order valence-electron chi connectivity index (χ4n) is 4.31. The molecule has 2 rings (SSSR count). The number of guanidine groups is 1. The molecule has 0 bridgehead atoms. The number of anilines is 2. The summed E-state index contributed by atoms with van der Waals surface area (Å²) in [5.41, 5.74) is -2.16. The van der Waals surface area contributed by atoms with Crippen molar-refractivity contribution in [2.45, 2.75) is 60.1 Å². The van der Waals surface area contributed by atoms with Gasteiger partial charge in [0.1, 0.15) is 11.6 Å². The monoisotopic (exact) mass is 601 g/mol. The minimum Gasteiger partial charge on any atom is -0.373 e. The predicted molar refractivity (Wildman–Crippen MR) is 152 cm³/mol. The summed E-state index contributed by atoms with van der Waals surface area (Å²) in [5, 5.41) is 22.4. The van der Waals surface area contributed by atoms with E-state index < -0.39 is 30.0 Å². The largest absolute Gasteiger partial charge is 0.416 e. The molecule has 1 aromatic carbocycles.